The van der Waals surface area contributed by atoms with Gasteiger partial charge in [0.2, 0.25) is 0 Å². The zero-order valence-electron chi connectivity index (χ0n) is 19.2. The molecule has 1 aliphatic heterocycles. The summed E-state index contributed by atoms with van der Waals surface area (Å²) in [4.78, 5) is 19.5. The Morgan fingerprint density at radius 3 is 2.73 bits per heavy atom. The largest absolute Gasteiger partial charge is 0.430 e. The van der Waals surface area contributed by atoms with Gasteiger partial charge in [0.05, 0.1) is 13.2 Å². The number of carbonyl (C=O) groups excluding carboxylic acids is 1. The number of aryl methyl sites for hydroxylation is 2. The SMILES string of the molecule is Cc1ccc(Cc2nsc(Oc3cc(C(=O)NCCCN4CCOCC4)ccc3C)n2)cc1. The molecule has 8 heteroatoms. The number of hydrogen-bond acceptors (Lipinski definition) is 7. The normalized spacial score (nSPS) is 14.2. The first-order chi connectivity index (χ1) is 16.1. The molecule has 0 unspecified atom stereocenters. The van der Waals surface area contributed by atoms with Crippen molar-refractivity contribution >= 4 is 17.4 Å². The van der Waals surface area contributed by atoms with E-state index in [1.54, 1.807) is 6.07 Å². The molecule has 0 radical (unpaired) electrons. The first-order valence-corrected chi connectivity index (χ1v) is 12.1. The molecule has 1 amide bonds. The molecule has 1 aromatic heterocycles. The van der Waals surface area contributed by atoms with Gasteiger partial charge in [0, 0.05) is 43.2 Å². The van der Waals surface area contributed by atoms with Crippen LogP contribution in [-0.2, 0) is 11.2 Å². The van der Waals surface area contributed by atoms with Gasteiger partial charge in [-0.3, -0.25) is 9.69 Å². The predicted octanol–water partition coefficient (Wildman–Crippen LogP) is 3.99. The van der Waals surface area contributed by atoms with Crippen LogP contribution in [0.2, 0.25) is 0 Å². The van der Waals surface area contributed by atoms with Gasteiger partial charge in [-0.25, -0.2) is 0 Å². The van der Waals surface area contributed by atoms with E-state index in [2.05, 4.69) is 50.8 Å². The number of amides is 1. The molecule has 1 N–H and O–H groups in total. The minimum Gasteiger partial charge on any atom is -0.430 e. The Kier molecular flexibility index (Phi) is 8.04. The van der Waals surface area contributed by atoms with E-state index >= 15 is 0 Å². The van der Waals surface area contributed by atoms with E-state index in [1.165, 1.54) is 17.1 Å². The standard InChI is InChI=1S/C25H30N4O3S/c1-18-4-7-20(8-5-18)16-23-27-25(33-28-23)32-22-17-21(9-6-19(22)2)24(30)26-10-3-11-29-12-14-31-15-13-29/h4-9,17H,3,10-16H2,1-2H3,(H,26,30). The van der Waals surface area contributed by atoms with Crippen molar-refractivity contribution in [2.45, 2.75) is 26.7 Å². The second kappa shape index (κ2) is 11.4. The molecule has 1 saturated heterocycles. The summed E-state index contributed by atoms with van der Waals surface area (Å²) < 4.78 is 15.8. The summed E-state index contributed by atoms with van der Waals surface area (Å²) in [5.74, 6) is 1.25. The third kappa shape index (κ3) is 6.83. The molecular formula is C25H30N4O3S. The van der Waals surface area contributed by atoms with Gasteiger partial charge in [-0.2, -0.15) is 9.36 Å². The van der Waals surface area contributed by atoms with Crippen LogP contribution in [0, 0.1) is 13.8 Å². The summed E-state index contributed by atoms with van der Waals surface area (Å²) >= 11 is 1.22. The maximum atomic E-state index is 12.6. The maximum Gasteiger partial charge on any atom is 0.298 e. The summed E-state index contributed by atoms with van der Waals surface area (Å²) in [5, 5.41) is 3.48. The van der Waals surface area contributed by atoms with Gasteiger partial charge in [-0.1, -0.05) is 35.9 Å². The monoisotopic (exact) mass is 466 g/mol. The van der Waals surface area contributed by atoms with Crippen molar-refractivity contribution in [2.75, 3.05) is 39.4 Å². The number of ether oxygens (including phenoxy) is 2. The molecule has 0 spiro atoms. The Labute approximate surface area is 198 Å². The number of hydrogen-bond donors (Lipinski definition) is 1. The number of carbonyl (C=O) groups is 1. The smallest absolute Gasteiger partial charge is 0.298 e. The highest BCUT2D eigenvalue weighted by atomic mass is 32.1. The van der Waals surface area contributed by atoms with Crippen LogP contribution in [0.1, 0.15) is 39.3 Å². The number of benzene rings is 2. The van der Waals surface area contributed by atoms with Crippen molar-refractivity contribution < 1.29 is 14.3 Å². The summed E-state index contributed by atoms with van der Waals surface area (Å²) in [5.41, 5.74) is 3.90. The minimum absolute atomic E-state index is 0.0980. The van der Waals surface area contributed by atoms with Gasteiger partial charge in [0.1, 0.15) is 5.75 Å². The molecule has 7 nitrogen and oxygen atoms in total. The van der Waals surface area contributed by atoms with Crippen LogP contribution in [0.3, 0.4) is 0 Å². The Balaban J connectivity index is 1.31. The molecule has 0 aliphatic carbocycles. The van der Waals surface area contributed by atoms with Crippen LogP contribution >= 0.6 is 11.5 Å². The molecule has 2 aromatic carbocycles. The number of nitrogens with zero attached hydrogens (tertiary/aromatic N) is 3. The number of morpholine rings is 1. The Morgan fingerprint density at radius 1 is 1.15 bits per heavy atom. The fourth-order valence-corrected chi connectivity index (χ4v) is 4.18. The van der Waals surface area contributed by atoms with Gasteiger partial charge >= 0.3 is 0 Å². The number of aromatic nitrogens is 2. The predicted molar refractivity (Wildman–Crippen MR) is 129 cm³/mol. The van der Waals surface area contributed by atoms with Gasteiger partial charge in [-0.05, 0) is 50.1 Å². The molecule has 1 fully saturated rings. The van der Waals surface area contributed by atoms with Crippen LogP contribution < -0.4 is 10.1 Å². The van der Waals surface area contributed by atoms with Crippen molar-refractivity contribution in [2.24, 2.45) is 0 Å². The van der Waals surface area contributed by atoms with Crippen LogP contribution in [-0.4, -0.2) is 59.6 Å². The van der Waals surface area contributed by atoms with Gasteiger partial charge in [0.25, 0.3) is 11.1 Å². The highest BCUT2D eigenvalue weighted by Gasteiger charge is 2.13. The van der Waals surface area contributed by atoms with Crippen LogP contribution in [0.25, 0.3) is 0 Å². The van der Waals surface area contributed by atoms with Crippen molar-refractivity contribution in [3.05, 3.63) is 70.5 Å². The number of nitrogens with one attached hydrogen (secondary N) is 1. The molecule has 1 aliphatic rings. The average molecular weight is 467 g/mol. The third-order valence-electron chi connectivity index (χ3n) is 5.62. The molecule has 174 valence electrons. The lowest BCUT2D eigenvalue weighted by atomic mass is 10.1. The Hall–Kier alpha value is -2.81. The van der Waals surface area contributed by atoms with Crippen molar-refractivity contribution in [1.29, 1.82) is 0 Å². The van der Waals surface area contributed by atoms with Crippen molar-refractivity contribution in [1.82, 2.24) is 19.6 Å². The minimum atomic E-state index is -0.0980. The van der Waals surface area contributed by atoms with Crippen LogP contribution in [0.5, 0.6) is 10.9 Å². The highest BCUT2D eigenvalue weighted by molar-refractivity contribution is 7.07. The van der Waals surface area contributed by atoms with Gasteiger partial charge in [-0.15, -0.1) is 0 Å². The van der Waals surface area contributed by atoms with Gasteiger partial charge < -0.3 is 14.8 Å². The molecular weight excluding hydrogens is 436 g/mol. The highest BCUT2D eigenvalue weighted by Crippen LogP contribution is 2.28. The summed E-state index contributed by atoms with van der Waals surface area (Å²) in [6, 6.07) is 13.8. The Morgan fingerprint density at radius 2 is 1.94 bits per heavy atom. The zero-order chi connectivity index (χ0) is 23.0. The first-order valence-electron chi connectivity index (χ1n) is 11.3. The van der Waals surface area contributed by atoms with Gasteiger partial charge in [0.15, 0.2) is 5.82 Å². The lowest BCUT2D eigenvalue weighted by molar-refractivity contribution is 0.0374. The molecule has 0 saturated carbocycles. The summed E-state index contributed by atoms with van der Waals surface area (Å²) in [7, 11) is 0. The average Bonchev–Trinajstić information content (AvgIpc) is 3.27. The van der Waals surface area contributed by atoms with E-state index in [0.717, 1.165) is 56.2 Å². The van der Waals surface area contributed by atoms with Crippen LogP contribution in [0.15, 0.2) is 42.5 Å². The van der Waals surface area contributed by atoms with E-state index in [-0.39, 0.29) is 5.91 Å². The fourth-order valence-electron chi connectivity index (χ4n) is 3.62. The topological polar surface area (TPSA) is 76.6 Å². The molecule has 0 atom stereocenters. The Bertz CT molecular complexity index is 1060. The van der Waals surface area contributed by atoms with E-state index < -0.39 is 0 Å². The molecule has 2 heterocycles. The van der Waals surface area contributed by atoms with Crippen molar-refractivity contribution in [3.63, 3.8) is 0 Å². The fraction of sp³-hybridized carbons (Fsp3) is 0.400. The van der Waals surface area contributed by atoms with E-state index in [9.17, 15) is 4.79 Å². The first kappa shape index (κ1) is 23.4. The summed E-state index contributed by atoms with van der Waals surface area (Å²) in [6.45, 7) is 9.14. The van der Waals surface area contributed by atoms with E-state index in [4.69, 9.17) is 9.47 Å². The number of rotatable bonds is 9. The summed E-state index contributed by atoms with van der Waals surface area (Å²) in [6.07, 6.45) is 1.57. The quantitative estimate of drug-likeness (QED) is 0.481. The van der Waals surface area contributed by atoms with E-state index in [0.29, 0.717) is 29.5 Å². The molecule has 3 aromatic rings. The second-order valence-corrected chi connectivity index (χ2v) is 9.00. The maximum absolute atomic E-state index is 12.6. The zero-order valence-corrected chi connectivity index (χ0v) is 20.0. The molecule has 0 bridgehead atoms. The molecule has 4 rings (SSSR count). The lowest BCUT2D eigenvalue weighted by Gasteiger charge is -2.26. The lowest BCUT2D eigenvalue weighted by Crippen LogP contribution is -2.38. The van der Waals surface area contributed by atoms with Crippen LogP contribution in [0.4, 0.5) is 0 Å². The second-order valence-electron chi connectivity index (χ2n) is 8.28. The van der Waals surface area contributed by atoms with Crippen molar-refractivity contribution in [3.8, 4) is 10.9 Å². The third-order valence-corrected chi connectivity index (χ3v) is 6.25. The molecule has 33 heavy (non-hydrogen) atoms. The van der Waals surface area contributed by atoms with E-state index in [1.807, 2.05) is 19.1 Å².